The van der Waals surface area contributed by atoms with Crippen LogP contribution in [0.1, 0.15) is 18.5 Å². The molecule has 1 N–H and O–H groups in total. The van der Waals surface area contributed by atoms with Gasteiger partial charge >= 0.3 is 5.97 Å². The number of hydrogen-bond donors (Lipinski definition) is 1. The lowest BCUT2D eigenvalue weighted by molar-refractivity contribution is -0.136. The number of aliphatic imine (C=N–C) groups is 1. The summed E-state index contributed by atoms with van der Waals surface area (Å²) >= 11 is 7.40. The molecule has 0 saturated heterocycles. The highest BCUT2D eigenvalue weighted by Gasteiger charge is 2.29. The Morgan fingerprint density at radius 1 is 1.40 bits per heavy atom. The van der Waals surface area contributed by atoms with E-state index in [1.807, 2.05) is 25.3 Å². The second-order valence-electron chi connectivity index (χ2n) is 4.25. The number of ether oxygens (including phenoxy) is 1. The summed E-state index contributed by atoms with van der Waals surface area (Å²) in [5.74, 6) is -0.376. The minimum absolute atomic E-state index is 0.372. The molecule has 6 heteroatoms. The second-order valence-corrected chi connectivity index (χ2v) is 5.48. The highest BCUT2D eigenvalue weighted by atomic mass is 35.5. The third kappa shape index (κ3) is 2.99. The standard InChI is InChI=1S/C14H15ClN2O2S/c1-8-11(13(18)19-2)12(17-14(16-8)20-3)9-4-6-10(15)7-5-9/h4-7,12H,1-3H3,(H,16,17). The molecule has 106 valence electrons. The van der Waals surface area contributed by atoms with E-state index in [0.29, 0.717) is 10.6 Å². The van der Waals surface area contributed by atoms with Crippen molar-refractivity contribution >= 4 is 34.5 Å². The van der Waals surface area contributed by atoms with Crippen LogP contribution in [0.4, 0.5) is 0 Å². The quantitative estimate of drug-likeness (QED) is 0.853. The summed E-state index contributed by atoms with van der Waals surface area (Å²) in [5, 5.41) is 4.53. The van der Waals surface area contributed by atoms with Gasteiger partial charge in [-0.25, -0.2) is 9.79 Å². The number of halogens is 1. The lowest BCUT2D eigenvalue weighted by Crippen LogP contribution is -2.30. The minimum Gasteiger partial charge on any atom is -0.466 e. The van der Waals surface area contributed by atoms with E-state index in [9.17, 15) is 4.79 Å². The molecule has 4 nitrogen and oxygen atoms in total. The van der Waals surface area contributed by atoms with Crippen LogP contribution in [0, 0.1) is 0 Å². The predicted octanol–water partition coefficient (Wildman–Crippen LogP) is 3.15. The number of methoxy groups -OCH3 is 1. The average Bonchev–Trinajstić information content (AvgIpc) is 2.46. The largest absolute Gasteiger partial charge is 0.466 e. The summed E-state index contributed by atoms with van der Waals surface area (Å²) in [6, 6.07) is 6.95. The summed E-state index contributed by atoms with van der Waals surface area (Å²) in [7, 11) is 1.37. The van der Waals surface area contributed by atoms with Crippen LogP contribution in [0.5, 0.6) is 0 Å². The number of allylic oxidation sites excluding steroid dienone is 1. The number of thioether (sulfide) groups is 1. The zero-order valence-electron chi connectivity index (χ0n) is 11.4. The lowest BCUT2D eigenvalue weighted by atomic mass is 9.97. The monoisotopic (exact) mass is 310 g/mol. The molecule has 0 fully saturated rings. The fourth-order valence-corrected chi connectivity index (χ4v) is 2.60. The number of carbonyl (C=O) groups excluding carboxylic acids is 1. The van der Waals surface area contributed by atoms with E-state index in [2.05, 4.69) is 10.3 Å². The summed E-state index contributed by atoms with van der Waals surface area (Å²) in [4.78, 5) is 16.6. The van der Waals surface area contributed by atoms with Crippen molar-refractivity contribution in [2.24, 2.45) is 4.99 Å². The molecule has 1 aromatic rings. The van der Waals surface area contributed by atoms with Gasteiger partial charge in [-0.2, -0.15) is 0 Å². The van der Waals surface area contributed by atoms with E-state index in [-0.39, 0.29) is 12.0 Å². The third-order valence-electron chi connectivity index (χ3n) is 3.00. The normalized spacial score (nSPS) is 18.4. The SMILES string of the molecule is COC(=O)C1=C(C)NC(SC)=NC1c1ccc(Cl)cc1. The second kappa shape index (κ2) is 6.33. The molecule has 0 radical (unpaired) electrons. The summed E-state index contributed by atoms with van der Waals surface area (Å²) in [6.07, 6.45) is 1.93. The fraction of sp³-hybridized carbons (Fsp3) is 0.286. The highest BCUT2D eigenvalue weighted by Crippen LogP contribution is 2.32. The molecule has 1 aliphatic rings. The summed E-state index contributed by atoms with van der Waals surface area (Å²) in [6.45, 7) is 1.85. The molecule has 1 atom stereocenters. The Kier molecular flexibility index (Phi) is 4.73. The van der Waals surface area contributed by atoms with Crippen molar-refractivity contribution in [1.29, 1.82) is 0 Å². The maximum Gasteiger partial charge on any atom is 0.338 e. The smallest absolute Gasteiger partial charge is 0.338 e. The summed E-state index contributed by atoms with van der Waals surface area (Å²) < 4.78 is 4.87. The Morgan fingerprint density at radius 3 is 2.60 bits per heavy atom. The number of esters is 1. The van der Waals surface area contributed by atoms with Gasteiger partial charge in [0.05, 0.1) is 12.7 Å². The van der Waals surface area contributed by atoms with E-state index in [1.54, 1.807) is 12.1 Å². The van der Waals surface area contributed by atoms with Crippen LogP contribution in [0.2, 0.25) is 5.02 Å². The van der Waals surface area contributed by atoms with Gasteiger partial charge in [0.2, 0.25) is 0 Å². The van der Waals surface area contributed by atoms with Crippen LogP contribution < -0.4 is 5.32 Å². The van der Waals surface area contributed by atoms with Crippen molar-refractivity contribution in [3.05, 3.63) is 46.1 Å². The van der Waals surface area contributed by atoms with E-state index < -0.39 is 0 Å². The van der Waals surface area contributed by atoms with Crippen molar-refractivity contribution in [2.45, 2.75) is 13.0 Å². The van der Waals surface area contributed by atoms with Crippen LogP contribution in [0.15, 0.2) is 40.5 Å². The van der Waals surface area contributed by atoms with Gasteiger partial charge in [-0.3, -0.25) is 0 Å². The van der Waals surface area contributed by atoms with Gasteiger partial charge in [-0.05, 0) is 30.9 Å². The zero-order valence-corrected chi connectivity index (χ0v) is 13.0. The molecule has 1 aliphatic heterocycles. The zero-order chi connectivity index (χ0) is 14.7. The Bertz CT molecular complexity index is 581. The van der Waals surface area contributed by atoms with E-state index in [1.165, 1.54) is 18.9 Å². The van der Waals surface area contributed by atoms with Gasteiger partial charge in [0.1, 0.15) is 6.04 Å². The molecule has 1 aromatic carbocycles. The Morgan fingerprint density at radius 2 is 2.05 bits per heavy atom. The van der Waals surface area contributed by atoms with Crippen molar-refractivity contribution in [1.82, 2.24) is 5.32 Å². The fourth-order valence-electron chi connectivity index (χ4n) is 2.01. The first kappa shape index (κ1) is 14.9. The molecule has 2 rings (SSSR count). The Hall–Kier alpha value is -1.46. The molecule has 20 heavy (non-hydrogen) atoms. The number of benzene rings is 1. The van der Waals surface area contributed by atoms with E-state index in [4.69, 9.17) is 16.3 Å². The van der Waals surface area contributed by atoms with Crippen molar-refractivity contribution in [3.63, 3.8) is 0 Å². The van der Waals surface area contributed by atoms with Crippen molar-refractivity contribution in [3.8, 4) is 0 Å². The molecule has 0 aliphatic carbocycles. The third-order valence-corrected chi connectivity index (χ3v) is 3.85. The van der Waals surface area contributed by atoms with Crippen molar-refractivity contribution < 1.29 is 9.53 Å². The molecular formula is C14H15ClN2O2S. The Balaban J connectivity index is 2.48. The number of nitrogens with one attached hydrogen (secondary N) is 1. The number of carbonyl (C=O) groups is 1. The lowest BCUT2D eigenvalue weighted by Gasteiger charge is -2.25. The highest BCUT2D eigenvalue weighted by molar-refractivity contribution is 8.13. The van der Waals surface area contributed by atoms with Crippen LogP contribution in [-0.4, -0.2) is 24.5 Å². The van der Waals surface area contributed by atoms with Gasteiger partial charge in [0.25, 0.3) is 0 Å². The van der Waals surface area contributed by atoms with Crippen LogP contribution >= 0.6 is 23.4 Å². The maximum atomic E-state index is 12.0. The van der Waals surface area contributed by atoms with Gasteiger partial charge in [0, 0.05) is 10.7 Å². The number of rotatable bonds is 2. The Labute approximate surface area is 127 Å². The van der Waals surface area contributed by atoms with Gasteiger partial charge in [0.15, 0.2) is 5.17 Å². The molecule has 1 unspecified atom stereocenters. The van der Waals surface area contributed by atoms with Gasteiger partial charge in [-0.1, -0.05) is 35.5 Å². The summed E-state index contributed by atoms with van der Waals surface area (Å²) in [5.41, 5.74) is 2.19. The predicted molar refractivity (Wildman–Crippen MR) is 83.0 cm³/mol. The van der Waals surface area contributed by atoms with Crippen LogP contribution in [0.25, 0.3) is 0 Å². The van der Waals surface area contributed by atoms with Crippen LogP contribution in [0.3, 0.4) is 0 Å². The maximum absolute atomic E-state index is 12.0. The number of amidine groups is 1. The molecule has 0 saturated carbocycles. The molecule has 0 bridgehead atoms. The van der Waals surface area contributed by atoms with Gasteiger partial charge < -0.3 is 10.1 Å². The molecule has 0 aromatic heterocycles. The van der Waals surface area contributed by atoms with E-state index >= 15 is 0 Å². The van der Waals surface area contributed by atoms with E-state index in [0.717, 1.165) is 16.4 Å². The topological polar surface area (TPSA) is 50.7 Å². The first-order valence-electron chi connectivity index (χ1n) is 6.00. The van der Waals surface area contributed by atoms with Crippen molar-refractivity contribution in [2.75, 3.05) is 13.4 Å². The average molecular weight is 311 g/mol. The minimum atomic E-state index is -0.376. The van der Waals surface area contributed by atoms with Gasteiger partial charge in [-0.15, -0.1) is 0 Å². The number of nitrogens with zero attached hydrogens (tertiary/aromatic N) is 1. The first-order valence-corrected chi connectivity index (χ1v) is 7.60. The van der Waals surface area contributed by atoms with Crippen LogP contribution in [-0.2, 0) is 9.53 Å². The molecule has 1 heterocycles. The molecular weight excluding hydrogens is 296 g/mol. The molecule has 0 spiro atoms. The molecule has 0 amide bonds. The number of hydrogen-bond acceptors (Lipinski definition) is 5. The first-order chi connectivity index (χ1) is 9.56.